The molecule has 0 radical (unpaired) electrons. The molecule has 8 rings (SSSR count). The maximum absolute atomic E-state index is 16.4. The second-order valence-corrected chi connectivity index (χ2v) is 11.8. The van der Waals surface area contributed by atoms with Crippen LogP contribution < -0.4 is 15.0 Å². The third kappa shape index (κ3) is 4.60. The van der Waals surface area contributed by atoms with E-state index in [4.69, 9.17) is 19.1 Å². The Hall–Kier alpha value is -3.03. The van der Waals surface area contributed by atoms with E-state index < -0.39 is 69.4 Å². The molecule has 5 aliphatic rings. The molecule has 2 unspecified atom stereocenters. The molecule has 2 bridgehead atoms. The zero-order chi connectivity index (χ0) is 31.2. The van der Waals surface area contributed by atoms with Crippen LogP contribution in [-0.4, -0.2) is 81.5 Å². The number of hydrogen-bond acceptors (Lipinski definition) is 8. The van der Waals surface area contributed by atoms with E-state index in [0.29, 0.717) is 38.5 Å². The van der Waals surface area contributed by atoms with Crippen LogP contribution in [0.2, 0.25) is 5.02 Å². The van der Waals surface area contributed by atoms with Crippen molar-refractivity contribution in [2.24, 2.45) is 0 Å². The number of fused-ring (bicyclic) bond motifs is 5. The van der Waals surface area contributed by atoms with Crippen molar-refractivity contribution in [2.45, 2.75) is 62.1 Å². The molecule has 14 heteroatoms. The number of alkyl halides is 4. The third-order valence-corrected chi connectivity index (χ3v) is 9.11. The average Bonchev–Trinajstić information content (AvgIpc) is 3.50. The number of rotatable bonds is 5. The second-order valence-electron chi connectivity index (χ2n) is 11.4. The van der Waals surface area contributed by atoms with Gasteiger partial charge in [-0.25, -0.2) is 8.78 Å². The lowest BCUT2D eigenvalue weighted by Crippen LogP contribution is -2.61. The molecule has 5 fully saturated rings. The molecule has 224 valence electrons. The first-order valence-electron chi connectivity index (χ1n) is 14.8. The van der Waals surface area contributed by atoms with Gasteiger partial charge in [-0.3, -0.25) is 9.88 Å². The maximum atomic E-state index is 16.4. The zero-order valence-electron chi connectivity index (χ0n) is 24.2. The molecule has 2 N–H and O–H groups in total. The standard InChI is InChI=1S/C28H28ClF5N6O2/c29-20-7-17(41)6-18(21(20)28(32,33)34)23-22(31)24-19(10-36-23)25(40-12-15-2-3-16(40)9-35-15)38-26(37-24)42-13-27-4-1-5-39(27)11-14(30)8-27/h6-7,10,14-16,35,41H,1-5,8-9,11-13H2/t14-,15?,16?,27+/m1/s1/i13D2. The van der Waals surface area contributed by atoms with E-state index in [-0.39, 0.29) is 36.3 Å². The van der Waals surface area contributed by atoms with E-state index in [1.807, 2.05) is 4.90 Å². The minimum absolute atomic E-state index is 0.0433. The van der Waals surface area contributed by atoms with Gasteiger partial charge in [-0.2, -0.15) is 23.1 Å². The topological polar surface area (TPSA) is 86.6 Å². The van der Waals surface area contributed by atoms with Crippen LogP contribution in [0.25, 0.3) is 22.2 Å². The molecule has 0 spiro atoms. The summed E-state index contributed by atoms with van der Waals surface area (Å²) in [5.74, 6) is -1.68. The molecular formula is C28H28ClF5N6O2. The number of nitrogens with one attached hydrogen (secondary N) is 1. The lowest BCUT2D eigenvalue weighted by Gasteiger charge is -2.46. The number of piperidine rings is 2. The summed E-state index contributed by atoms with van der Waals surface area (Å²) in [4.78, 5) is 16.4. The molecule has 7 heterocycles. The monoisotopic (exact) mass is 612 g/mol. The van der Waals surface area contributed by atoms with Crippen LogP contribution in [0, 0.1) is 5.82 Å². The minimum Gasteiger partial charge on any atom is -0.508 e. The first-order chi connectivity index (χ1) is 20.8. The normalized spacial score (nSPS) is 28.7. The van der Waals surface area contributed by atoms with Gasteiger partial charge in [0.1, 0.15) is 35.5 Å². The van der Waals surface area contributed by atoms with Crippen molar-refractivity contribution in [3.05, 3.63) is 34.7 Å². The summed E-state index contributed by atoms with van der Waals surface area (Å²) in [5.41, 5.74) is -4.66. The van der Waals surface area contributed by atoms with Gasteiger partial charge < -0.3 is 20.1 Å². The van der Waals surface area contributed by atoms with E-state index in [9.17, 15) is 22.7 Å². The van der Waals surface area contributed by atoms with Gasteiger partial charge in [0.15, 0.2) is 5.82 Å². The Labute approximate surface area is 245 Å². The number of phenolic OH excluding ortho intramolecular Hbond substituents is 1. The largest absolute Gasteiger partial charge is 0.508 e. The number of nitrogens with zero attached hydrogens (tertiary/aromatic N) is 5. The molecule has 0 aliphatic carbocycles. The Morgan fingerprint density at radius 1 is 1.24 bits per heavy atom. The third-order valence-electron chi connectivity index (χ3n) is 8.81. The zero-order valence-corrected chi connectivity index (χ0v) is 22.9. The Balaban J connectivity index is 1.40. The van der Waals surface area contributed by atoms with Crippen LogP contribution in [0.1, 0.15) is 40.4 Å². The Morgan fingerprint density at radius 3 is 2.79 bits per heavy atom. The van der Waals surface area contributed by atoms with Crippen LogP contribution in [0.3, 0.4) is 0 Å². The maximum Gasteiger partial charge on any atom is 0.418 e. The predicted octanol–water partition coefficient (Wildman–Crippen LogP) is 5.10. The number of hydrogen-bond donors (Lipinski definition) is 2. The molecule has 3 aromatic rings. The number of phenols is 1. The van der Waals surface area contributed by atoms with E-state index in [0.717, 1.165) is 25.1 Å². The van der Waals surface area contributed by atoms with Crippen molar-refractivity contribution in [3.63, 3.8) is 0 Å². The summed E-state index contributed by atoms with van der Waals surface area (Å²) in [5, 5.41) is 12.7. The van der Waals surface area contributed by atoms with Gasteiger partial charge in [-0.05, 0) is 44.4 Å². The SMILES string of the molecule is [2H]C([2H])(Oc1nc(N2CC3CCC2CN3)c2cnc(-c3cc(O)cc(Cl)c3C(F)(F)F)c(F)c2n1)[C@@]12CCCN1C[C@H](F)C2. The van der Waals surface area contributed by atoms with Crippen LogP contribution >= 0.6 is 11.6 Å². The predicted molar refractivity (Wildman–Crippen MR) is 145 cm³/mol. The fourth-order valence-electron chi connectivity index (χ4n) is 6.91. The van der Waals surface area contributed by atoms with Crippen molar-refractivity contribution in [1.82, 2.24) is 25.2 Å². The van der Waals surface area contributed by atoms with E-state index in [1.165, 1.54) is 0 Å². The molecule has 2 aromatic heterocycles. The Morgan fingerprint density at radius 2 is 2.07 bits per heavy atom. The van der Waals surface area contributed by atoms with Crippen LogP contribution in [0.15, 0.2) is 18.3 Å². The van der Waals surface area contributed by atoms with Crippen LogP contribution in [-0.2, 0) is 6.18 Å². The smallest absolute Gasteiger partial charge is 0.418 e. The molecule has 8 nitrogen and oxygen atoms in total. The number of piperazine rings is 1. The fraction of sp³-hybridized carbons (Fsp3) is 0.536. The Bertz CT molecular complexity index is 1640. The van der Waals surface area contributed by atoms with Crippen molar-refractivity contribution >= 4 is 28.3 Å². The van der Waals surface area contributed by atoms with Crippen molar-refractivity contribution in [1.29, 1.82) is 0 Å². The molecule has 1 aromatic carbocycles. The average molecular weight is 613 g/mol. The van der Waals surface area contributed by atoms with Gasteiger partial charge in [0.2, 0.25) is 0 Å². The first kappa shape index (κ1) is 25.5. The molecule has 4 atom stereocenters. The van der Waals surface area contributed by atoms with Gasteiger partial charge in [0.25, 0.3) is 0 Å². The second kappa shape index (κ2) is 10.0. The number of benzene rings is 1. The molecule has 0 amide bonds. The minimum atomic E-state index is -5.01. The van der Waals surface area contributed by atoms with Crippen molar-refractivity contribution in [3.8, 4) is 23.0 Å². The quantitative estimate of drug-likeness (QED) is 0.385. The number of pyridine rings is 1. The van der Waals surface area contributed by atoms with Crippen LogP contribution in [0.5, 0.6) is 11.8 Å². The summed E-state index contributed by atoms with van der Waals surface area (Å²) < 4.78 is 96.7. The van der Waals surface area contributed by atoms with E-state index in [1.54, 1.807) is 4.90 Å². The number of aromatic nitrogens is 3. The van der Waals surface area contributed by atoms with E-state index in [2.05, 4.69) is 20.3 Å². The lowest BCUT2D eigenvalue weighted by atomic mass is 9.93. The highest BCUT2D eigenvalue weighted by atomic mass is 35.5. The Kier molecular flexibility index (Phi) is 6.08. The summed E-state index contributed by atoms with van der Waals surface area (Å²) in [6.07, 6.45) is -2.49. The first-order valence-corrected chi connectivity index (χ1v) is 14.2. The number of ether oxygens (including phenoxy) is 1. The highest BCUT2D eigenvalue weighted by Gasteiger charge is 2.49. The summed E-state index contributed by atoms with van der Waals surface area (Å²) in [6, 6.07) is 0.972. The number of anilines is 1. The number of halogens is 6. The summed E-state index contributed by atoms with van der Waals surface area (Å²) >= 11 is 5.86. The van der Waals surface area contributed by atoms with Crippen molar-refractivity contribution in [2.75, 3.05) is 37.6 Å². The fourth-order valence-corrected chi connectivity index (χ4v) is 7.23. The molecule has 5 saturated heterocycles. The van der Waals surface area contributed by atoms with E-state index >= 15 is 4.39 Å². The van der Waals surface area contributed by atoms with Crippen LogP contribution in [0.4, 0.5) is 27.8 Å². The van der Waals surface area contributed by atoms with Gasteiger partial charge in [0.05, 0.1) is 24.3 Å². The van der Waals surface area contributed by atoms with Gasteiger partial charge in [-0.15, -0.1) is 0 Å². The molecule has 5 aliphatic heterocycles. The highest BCUT2D eigenvalue weighted by Crippen LogP contribution is 2.45. The molecule has 42 heavy (non-hydrogen) atoms. The van der Waals surface area contributed by atoms with Crippen molar-refractivity contribution < 1.29 is 34.5 Å². The number of aromatic hydroxyl groups is 1. The van der Waals surface area contributed by atoms with Gasteiger partial charge >= 0.3 is 12.2 Å². The van der Waals surface area contributed by atoms with Gasteiger partial charge in [-0.1, -0.05) is 11.6 Å². The molecule has 0 saturated carbocycles. The van der Waals surface area contributed by atoms with Gasteiger partial charge in [0, 0.05) is 49.9 Å². The molecular weight excluding hydrogens is 583 g/mol. The summed E-state index contributed by atoms with van der Waals surface area (Å²) in [7, 11) is 0. The summed E-state index contributed by atoms with van der Waals surface area (Å²) in [6.45, 7) is -0.808. The lowest BCUT2D eigenvalue weighted by molar-refractivity contribution is -0.137. The highest BCUT2D eigenvalue weighted by molar-refractivity contribution is 6.32.